The Labute approximate surface area is 106 Å². The maximum Gasteiger partial charge on any atom is 0.335 e. The zero-order valence-electron chi connectivity index (χ0n) is 10.4. The van der Waals surface area contributed by atoms with Gasteiger partial charge in [-0.3, -0.25) is 0 Å². The molecule has 0 saturated heterocycles. The lowest BCUT2D eigenvalue weighted by Gasteiger charge is -2.17. The zero-order chi connectivity index (χ0) is 13.1. The maximum atomic E-state index is 11.0. The van der Waals surface area contributed by atoms with E-state index in [1.54, 1.807) is 18.2 Å². The van der Waals surface area contributed by atoms with Gasteiger partial charge in [-0.25, -0.2) is 4.79 Å². The van der Waals surface area contributed by atoms with Crippen LogP contribution in [-0.2, 0) is 0 Å². The van der Waals surface area contributed by atoms with E-state index >= 15 is 0 Å². The summed E-state index contributed by atoms with van der Waals surface area (Å²) in [4.78, 5) is 13.0. The second-order valence-electron chi connectivity index (χ2n) is 4.30. The largest absolute Gasteiger partial charge is 0.478 e. The van der Waals surface area contributed by atoms with E-state index in [4.69, 9.17) is 5.11 Å². The summed E-state index contributed by atoms with van der Waals surface area (Å²) in [5.41, 5.74) is 3.32. The standard InChI is InChI=1S/C15H15NO2/c1-16(2)14-9-4-3-8-13(14)11-6-5-7-12(10-11)15(17)18/h3-10H,1-2H3,(H,17,18). The third kappa shape index (κ3) is 2.35. The van der Waals surface area contributed by atoms with Gasteiger partial charge < -0.3 is 10.0 Å². The number of para-hydroxylation sites is 1. The Kier molecular flexibility index (Phi) is 3.33. The summed E-state index contributed by atoms with van der Waals surface area (Å²) in [7, 11) is 3.94. The minimum atomic E-state index is -0.904. The topological polar surface area (TPSA) is 40.5 Å². The predicted molar refractivity (Wildman–Crippen MR) is 73.2 cm³/mol. The Balaban J connectivity index is 2.55. The number of carboxylic acids is 1. The molecule has 3 heteroatoms. The molecule has 0 heterocycles. The molecule has 0 atom stereocenters. The maximum absolute atomic E-state index is 11.0. The van der Waals surface area contributed by atoms with Crippen LogP contribution in [0.3, 0.4) is 0 Å². The molecule has 0 aromatic heterocycles. The summed E-state index contributed by atoms with van der Waals surface area (Å²) in [5.74, 6) is -0.904. The van der Waals surface area contributed by atoms with Gasteiger partial charge in [-0.1, -0.05) is 30.3 Å². The van der Waals surface area contributed by atoms with Gasteiger partial charge in [-0.15, -0.1) is 0 Å². The molecule has 0 aliphatic rings. The van der Waals surface area contributed by atoms with Crippen LogP contribution < -0.4 is 4.90 Å². The molecule has 0 unspecified atom stereocenters. The first-order chi connectivity index (χ1) is 8.59. The fourth-order valence-corrected chi connectivity index (χ4v) is 1.93. The van der Waals surface area contributed by atoms with Crippen LogP contribution in [0.1, 0.15) is 10.4 Å². The summed E-state index contributed by atoms with van der Waals surface area (Å²) in [5, 5.41) is 9.02. The number of anilines is 1. The molecule has 0 fully saturated rings. The highest BCUT2D eigenvalue weighted by atomic mass is 16.4. The Morgan fingerprint density at radius 1 is 1.06 bits per heavy atom. The normalized spacial score (nSPS) is 10.1. The van der Waals surface area contributed by atoms with E-state index in [0.29, 0.717) is 5.56 Å². The molecule has 2 rings (SSSR count). The van der Waals surface area contributed by atoms with Crippen molar-refractivity contribution in [3.8, 4) is 11.1 Å². The molecule has 0 bridgehead atoms. The lowest BCUT2D eigenvalue weighted by atomic mass is 10.0. The van der Waals surface area contributed by atoms with Crippen molar-refractivity contribution in [2.45, 2.75) is 0 Å². The third-order valence-corrected chi connectivity index (χ3v) is 2.81. The van der Waals surface area contributed by atoms with Crippen LogP contribution in [0.4, 0.5) is 5.69 Å². The number of rotatable bonds is 3. The molecule has 2 aromatic carbocycles. The van der Waals surface area contributed by atoms with Crippen molar-refractivity contribution < 1.29 is 9.90 Å². The average molecular weight is 241 g/mol. The Bertz CT molecular complexity index is 576. The Morgan fingerprint density at radius 2 is 1.78 bits per heavy atom. The molecule has 3 nitrogen and oxygen atoms in total. The minimum absolute atomic E-state index is 0.307. The van der Waals surface area contributed by atoms with Crippen molar-refractivity contribution in [3.63, 3.8) is 0 Å². The van der Waals surface area contributed by atoms with Crippen molar-refractivity contribution >= 4 is 11.7 Å². The van der Waals surface area contributed by atoms with Crippen molar-refractivity contribution in [1.29, 1.82) is 0 Å². The second-order valence-corrected chi connectivity index (χ2v) is 4.30. The number of nitrogens with zero attached hydrogens (tertiary/aromatic N) is 1. The van der Waals surface area contributed by atoms with Gasteiger partial charge in [0.15, 0.2) is 0 Å². The van der Waals surface area contributed by atoms with Crippen molar-refractivity contribution in [2.75, 3.05) is 19.0 Å². The number of carbonyl (C=O) groups is 1. The summed E-state index contributed by atoms with van der Waals surface area (Å²) >= 11 is 0. The van der Waals surface area contributed by atoms with Crippen molar-refractivity contribution in [3.05, 3.63) is 54.1 Å². The van der Waals surface area contributed by atoms with E-state index in [0.717, 1.165) is 16.8 Å². The van der Waals surface area contributed by atoms with Crippen LogP contribution in [0.5, 0.6) is 0 Å². The van der Waals surface area contributed by atoms with Crippen LogP contribution in [0.15, 0.2) is 48.5 Å². The van der Waals surface area contributed by atoms with Crippen LogP contribution in [0.25, 0.3) is 11.1 Å². The highest BCUT2D eigenvalue weighted by Crippen LogP contribution is 2.29. The van der Waals surface area contributed by atoms with Crippen LogP contribution >= 0.6 is 0 Å². The Morgan fingerprint density at radius 3 is 2.44 bits per heavy atom. The van der Waals surface area contributed by atoms with Gasteiger partial charge in [0.2, 0.25) is 0 Å². The number of hydrogen-bond donors (Lipinski definition) is 1. The molecule has 0 amide bonds. The fourth-order valence-electron chi connectivity index (χ4n) is 1.93. The first-order valence-corrected chi connectivity index (χ1v) is 5.69. The van der Waals surface area contributed by atoms with Gasteiger partial charge in [-0.05, 0) is 23.8 Å². The highest BCUT2D eigenvalue weighted by molar-refractivity contribution is 5.90. The van der Waals surface area contributed by atoms with E-state index in [9.17, 15) is 4.79 Å². The molecule has 0 aliphatic carbocycles. The molecular weight excluding hydrogens is 226 g/mol. The van der Waals surface area contributed by atoms with Gasteiger partial charge in [0.25, 0.3) is 0 Å². The summed E-state index contributed by atoms with van der Waals surface area (Å²) in [6.45, 7) is 0. The smallest absolute Gasteiger partial charge is 0.335 e. The number of carboxylic acid groups (broad SMARTS) is 1. The highest BCUT2D eigenvalue weighted by Gasteiger charge is 2.08. The van der Waals surface area contributed by atoms with Crippen LogP contribution in [0.2, 0.25) is 0 Å². The second kappa shape index (κ2) is 4.92. The summed E-state index contributed by atoms with van der Waals surface area (Å²) in [6, 6.07) is 14.9. The van der Waals surface area contributed by atoms with E-state index < -0.39 is 5.97 Å². The lowest BCUT2D eigenvalue weighted by molar-refractivity contribution is 0.0697. The number of benzene rings is 2. The predicted octanol–water partition coefficient (Wildman–Crippen LogP) is 3.12. The molecule has 2 aromatic rings. The molecule has 0 radical (unpaired) electrons. The van der Waals surface area contributed by atoms with Gasteiger partial charge in [0, 0.05) is 25.3 Å². The average Bonchev–Trinajstić information content (AvgIpc) is 2.39. The molecular formula is C15H15NO2. The van der Waals surface area contributed by atoms with Gasteiger partial charge in [-0.2, -0.15) is 0 Å². The lowest BCUT2D eigenvalue weighted by Crippen LogP contribution is -2.09. The molecule has 0 spiro atoms. The summed E-state index contributed by atoms with van der Waals surface area (Å²) in [6.07, 6.45) is 0. The van der Waals surface area contributed by atoms with E-state index in [-0.39, 0.29) is 0 Å². The quantitative estimate of drug-likeness (QED) is 0.897. The van der Waals surface area contributed by atoms with Crippen molar-refractivity contribution in [2.24, 2.45) is 0 Å². The molecule has 92 valence electrons. The third-order valence-electron chi connectivity index (χ3n) is 2.81. The molecule has 0 saturated carbocycles. The fraction of sp³-hybridized carbons (Fsp3) is 0.133. The number of hydrogen-bond acceptors (Lipinski definition) is 2. The monoisotopic (exact) mass is 241 g/mol. The minimum Gasteiger partial charge on any atom is -0.478 e. The zero-order valence-corrected chi connectivity index (χ0v) is 10.4. The van der Waals surface area contributed by atoms with E-state index in [1.165, 1.54) is 0 Å². The molecule has 1 N–H and O–H groups in total. The SMILES string of the molecule is CN(C)c1ccccc1-c1cccc(C(=O)O)c1. The van der Waals surface area contributed by atoms with Gasteiger partial charge in [0.1, 0.15) is 0 Å². The van der Waals surface area contributed by atoms with Crippen molar-refractivity contribution in [1.82, 2.24) is 0 Å². The van der Waals surface area contributed by atoms with E-state index in [1.807, 2.05) is 49.3 Å². The molecule has 18 heavy (non-hydrogen) atoms. The number of aromatic carboxylic acids is 1. The van der Waals surface area contributed by atoms with E-state index in [2.05, 4.69) is 0 Å². The molecule has 0 aliphatic heterocycles. The van der Waals surface area contributed by atoms with Gasteiger partial charge in [0.05, 0.1) is 5.56 Å². The van der Waals surface area contributed by atoms with Crippen LogP contribution in [0, 0.1) is 0 Å². The summed E-state index contributed by atoms with van der Waals surface area (Å²) < 4.78 is 0. The van der Waals surface area contributed by atoms with Crippen LogP contribution in [-0.4, -0.2) is 25.2 Å². The first-order valence-electron chi connectivity index (χ1n) is 5.69. The Hall–Kier alpha value is -2.29. The first kappa shape index (κ1) is 12.2. The van der Waals surface area contributed by atoms with Gasteiger partial charge >= 0.3 is 5.97 Å².